The quantitative estimate of drug-likeness (QED) is 0.676. The number of carbonyl (C=O) groups excluding carboxylic acids is 1. The second-order valence-electron chi connectivity index (χ2n) is 4.88. The largest absolute Gasteiger partial charge is 0.390 e. The average Bonchev–Trinajstić information content (AvgIpc) is 2.43. The summed E-state index contributed by atoms with van der Waals surface area (Å²) in [5, 5.41) is 20.2. The fraction of sp³-hybridized carbons (Fsp3) is 0.462. The standard InChI is InChI=1S/C13H14O3/c14-11-5-9-6-12(15)13(11,16)7-8-3-1-2-4-10(8)9/h1-4,9,11,14,16H,5-7H2/t9-,11?,13-/m1/s1. The Balaban J connectivity index is 2.18. The first-order valence-electron chi connectivity index (χ1n) is 5.63. The van der Waals surface area contributed by atoms with Crippen LogP contribution in [0, 0.1) is 0 Å². The first-order valence-corrected chi connectivity index (χ1v) is 5.63. The van der Waals surface area contributed by atoms with Gasteiger partial charge in [-0.1, -0.05) is 24.3 Å². The summed E-state index contributed by atoms with van der Waals surface area (Å²) in [6, 6.07) is 7.78. The number of aliphatic hydroxyl groups is 2. The Kier molecular flexibility index (Phi) is 1.97. The molecule has 1 aromatic rings. The molecule has 1 unspecified atom stereocenters. The Hall–Kier alpha value is -1.19. The molecular formula is C13H14O3. The fourth-order valence-electron chi connectivity index (χ4n) is 2.97. The molecule has 1 aromatic carbocycles. The topological polar surface area (TPSA) is 57.5 Å². The Morgan fingerprint density at radius 1 is 1.31 bits per heavy atom. The molecule has 0 aliphatic heterocycles. The van der Waals surface area contributed by atoms with Crippen LogP contribution in [-0.2, 0) is 11.2 Å². The van der Waals surface area contributed by atoms with E-state index in [1.54, 1.807) is 0 Å². The summed E-state index contributed by atoms with van der Waals surface area (Å²) in [7, 11) is 0. The average molecular weight is 218 g/mol. The molecule has 2 bridgehead atoms. The van der Waals surface area contributed by atoms with Crippen LogP contribution >= 0.6 is 0 Å². The number of ketones is 1. The van der Waals surface area contributed by atoms with Gasteiger partial charge in [-0.15, -0.1) is 0 Å². The molecule has 2 N–H and O–H groups in total. The monoisotopic (exact) mass is 218 g/mol. The number of hydrogen-bond donors (Lipinski definition) is 2. The van der Waals surface area contributed by atoms with E-state index < -0.39 is 11.7 Å². The van der Waals surface area contributed by atoms with E-state index in [2.05, 4.69) is 0 Å². The Bertz CT molecular complexity index is 454. The maximum absolute atomic E-state index is 11.9. The molecule has 4 rings (SSSR count). The zero-order valence-electron chi connectivity index (χ0n) is 8.89. The van der Waals surface area contributed by atoms with E-state index >= 15 is 0 Å². The van der Waals surface area contributed by atoms with Crippen molar-refractivity contribution >= 4 is 5.78 Å². The molecule has 0 heterocycles. The molecule has 0 aromatic heterocycles. The molecule has 3 atom stereocenters. The van der Waals surface area contributed by atoms with Gasteiger partial charge in [0, 0.05) is 12.8 Å². The van der Waals surface area contributed by atoms with E-state index in [0.717, 1.165) is 11.1 Å². The number of carbonyl (C=O) groups is 1. The molecular weight excluding hydrogens is 204 g/mol. The van der Waals surface area contributed by atoms with Gasteiger partial charge in [0.05, 0.1) is 6.10 Å². The Labute approximate surface area is 93.7 Å². The summed E-state index contributed by atoms with van der Waals surface area (Å²) in [5.41, 5.74) is 0.559. The van der Waals surface area contributed by atoms with E-state index in [1.807, 2.05) is 24.3 Å². The predicted octanol–water partition coefficient (Wildman–Crippen LogP) is 0.781. The van der Waals surface area contributed by atoms with E-state index in [0.29, 0.717) is 12.8 Å². The van der Waals surface area contributed by atoms with Gasteiger partial charge < -0.3 is 10.2 Å². The first-order chi connectivity index (χ1) is 7.61. The highest BCUT2D eigenvalue weighted by Crippen LogP contribution is 2.43. The van der Waals surface area contributed by atoms with Gasteiger partial charge in [-0.3, -0.25) is 4.79 Å². The Morgan fingerprint density at radius 2 is 2.06 bits per heavy atom. The maximum atomic E-state index is 11.9. The molecule has 0 radical (unpaired) electrons. The molecule has 1 saturated carbocycles. The fourth-order valence-corrected chi connectivity index (χ4v) is 2.97. The highest BCUT2D eigenvalue weighted by atomic mass is 16.3. The van der Waals surface area contributed by atoms with Crippen LogP contribution in [0.5, 0.6) is 0 Å². The maximum Gasteiger partial charge on any atom is 0.167 e. The van der Waals surface area contributed by atoms with E-state index in [9.17, 15) is 15.0 Å². The van der Waals surface area contributed by atoms with Crippen LogP contribution < -0.4 is 0 Å². The van der Waals surface area contributed by atoms with Crippen molar-refractivity contribution in [1.29, 1.82) is 0 Å². The molecule has 84 valence electrons. The van der Waals surface area contributed by atoms with Crippen LogP contribution in [0.2, 0.25) is 0 Å². The molecule has 16 heavy (non-hydrogen) atoms. The number of aliphatic hydroxyl groups excluding tert-OH is 1. The lowest BCUT2D eigenvalue weighted by atomic mass is 9.76. The number of hydrogen-bond acceptors (Lipinski definition) is 3. The van der Waals surface area contributed by atoms with Crippen LogP contribution in [0.3, 0.4) is 0 Å². The molecule has 0 spiro atoms. The SMILES string of the molecule is O=C1C[C@H]2CC(O)[C@]1(O)Cc1ccccc12. The number of Topliss-reactive ketones (excluding diaryl/α,β-unsaturated/α-hetero) is 1. The summed E-state index contributed by atoms with van der Waals surface area (Å²) in [6.45, 7) is 0. The zero-order chi connectivity index (χ0) is 11.3. The lowest BCUT2D eigenvalue weighted by molar-refractivity contribution is -0.156. The zero-order valence-corrected chi connectivity index (χ0v) is 8.89. The van der Waals surface area contributed by atoms with Crippen molar-refractivity contribution in [1.82, 2.24) is 0 Å². The second kappa shape index (κ2) is 3.15. The van der Waals surface area contributed by atoms with Gasteiger partial charge in [0.1, 0.15) is 0 Å². The second-order valence-corrected chi connectivity index (χ2v) is 4.88. The summed E-state index contributed by atoms with van der Waals surface area (Å²) in [6.07, 6.45) is 0.162. The third kappa shape index (κ3) is 1.19. The van der Waals surface area contributed by atoms with Gasteiger partial charge in [-0.2, -0.15) is 0 Å². The minimum Gasteiger partial charge on any atom is -0.390 e. The minimum atomic E-state index is -1.55. The van der Waals surface area contributed by atoms with Crippen molar-refractivity contribution in [3.05, 3.63) is 35.4 Å². The van der Waals surface area contributed by atoms with Crippen LogP contribution in [0.25, 0.3) is 0 Å². The van der Waals surface area contributed by atoms with Crippen LogP contribution in [-0.4, -0.2) is 27.7 Å². The van der Waals surface area contributed by atoms with Crippen molar-refractivity contribution in [2.75, 3.05) is 0 Å². The molecule has 0 saturated heterocycles. The van der Waals surface area contributed by atoms with Crippen molar-refractivity contribution < 1.29 is 15.0 Å². The summed E-state index contributed by atoms with van der Waals surface area (Å²) in [4.78, 5) is 11.9. The van der Waals surface area contributed by atoms with Gasteiger partial charge in [0.15, 0.2) is 11.4 Å². The number of fused-ring (bicyclic) bond motifs is 2. The molecule has 3 aliphatic carbocycles. The van der Waals surface area contributed by atoms with E-state index in [1.165, 1.54) is 0 Å². The van der Waals surface area contributed by atoms with E-state index in [-0.39, 0.29) is 18.1 Å². The van der Waals surface area contributed by atoms with E-state index in [4.69, 9.17) is 0 Å². The molecule has 1 fully saturated rings. The molecule has 3 heteroatoms. The van der Waals surface area contributed by atoms with Crippen molar-refractivity contribution in [2.45, 2.75) is 36.9 Å². The van der Waals surface area contributed by atoms with Crippen molar-refractivity contribution in [3.63, 3.8) is 0 Å². The summed E-state index contributed by atoms with van der Waals surface area (Å²) < 4.78 is 0. The minimum absolute atomic E-state index is 0.0708. The highest BCUT2D eigenvalue weighted by molar-refractivity contribution is 5.90. The molecule has 0 amide bonds. The third-order valence-corrected chi connectivity index (χ3v) is 3.93. The first kappa shape index (κ1) is 10.00. The smallest absolute Gasteiger partial charge is 0.167 e. The van der Waals surface area contributed by atoms with Crippen LogP contribution in [0.15, 0.2) is 24.3 Å². The van der Waals surface area contributed by atoms with Crippen LogP contribution in [0.1, 0.15) is 29.9 Å². The van der Waals surface area contributed by atoms with Gasteiger partial charge >= 0.3 is 0 Å². The van der Waals surface area contributed by atoms with Gasteiger partial charge in [-0.25, -0.2) is 0 Å². The summed E-state index contributed by atoms with van der Waals surface area (Å²) >= 11 is 0. The lowest BCUT2D eigenvalue weighted by Gasteiger charge is -2.35. The normalized spacial score (nSPS) is 37.0. The van der Waals surface area contributed by atoms with Crippen molar-refractivity contribution in [3.8, 4) is 0 Å². The molecule has 3 aliphatic rings. The van der Waals surface area contributed by atoms with Gasteiger partial charge in [0.2, 0.25) is 0 Å². The summed E-state index contributed by atoms with van der Waals surface area (Å²) in [5.74, 6) is -0.145. The highest BCUT2D eigenvalue weighted by Gasteiger charge is 2.51. The Morgan fingerprint density at radius 3 is 2.81 bits per heavy atom. The molecule has 3 nitrogen and oxygen atoms in total. The lowest BCUT2D eigenvalue weighted by Crippen LogP contribution is -2.53. The number of rotatable bonds is 0. The van der Waals surface area contributed by atoms with Crippen LogP contribution in [0.4, 0.5) is 0 Å². The van der Waals surface area contributed by atoms with Crippen molar-refractivity contribution in [2.24, 2.45) is 0 Å². The van der Waals surface area contributed by atoms with Gasteiger partial charge in [0.25, 0.3) is 0 Å². The number of benzene rings is 1. The third-order valence-electron chi connectivity index (χ3n) is 3.93. The predicted molar refractivity (Wildman–Crippen MR) is 58.1 cm³/mol. The van der Waals surface area contributed by atoms with Gasteiger partial charge in [-0.05, 0) is 23.5 Å².